The average Bonchev–Trinajstić information content (AvgIpc) is 3.74. The molecule has 1 aliphatic carbocycles. The Labute approximate surface area is 228 Å². The van der Waals surface area contributed by atoms with Crippen LogP contribution in [-0.2, 0) is 14.2 Å². The first kappa shape index (κ1) is 26.1. The minimum Gasteiger partial charge on any atom is -0.488 e. The summed E-state index contributed by atoms with van der Waals surface area (Å²) in [5, 5.41) is 6.89. The molecule has 39 heavy (non-hydrogen) atoms. The second-order valence-electron chi connectivity index (χ2n) is 10.5. The zero-order valence-corrected chi connectivity index (χ0v) is 22.6. The molecule has 1 aromatic carbocycles. The summed E-state index contributed by atoms with van der Waals surface area (Å²) in [6.07, 6.45) is 11.1. The Bertz CT molecular complexity index is 1230. The van der Waals surface area contributed by atoms with Gasteiger partial charge in [-0.2, -0.15) is 0 Å². The molecule has 3 aliphatic rings. The van der Waals surface area contributed by atoms with Crippen molar-refractivity contribution in [1.82, 2.24) is 25.3 Å². The number of epoxide rings is 1. The lowest BCUT2D eigenvalue weighted by Gasteiger charge is -2.31. The van der Waals surface area contributed by atoms with Crippen molar-refractivity contribution in [2.24, 2.45) is 0 Å². The standard InChI is InChI=1S/C28H37N7O4/c1-18(17-36-2)33-27-26(39-27)19-15-31-28(32-16-19)34-20-3-5-22(6-4-20)38-24-14-21(35-9-11-37-12-10-35)13-23-25(24)30-8-7-29-23/h7-8,13-16,18,20,22,26-27,33H,3-6,9-12,17H2,1-2H3,(H,31,32,34)/t18?,20-,22+,26?,27?. The fourth-order valence-corrected chi connectivity index (χ4v) is 5.44. The van der Waals surface area contributed by atoms with Crippen molar-refractivity contribution in [3.05, 3.63) is 42.5 Å². The number of benzene rings is 1. The molecule has 3 unspecified atom stereocenters. The minimum absolute atomic E-state index is 0.00605. The summed E-state index contributed by atoms with van der Waals surface area (Å²) in [4.78, 5) is 20.5. The van der Waals surface area contributed by atoms with Crippen LogP contribution in [0, 0.1) is 0 Å². The predicted octanol–water partition coefficient (Wildman–Crippen LogP) is 3.08. The van der Waals surface area contributed by atoms with Crippen LogP contribution in [0.15, 0.2) is 36.9 Å². The maximum absolute atomic E-state index is 6.55. The van der Waals surface area contributed by atoms with Gasteiger partial charge in [0.2, 0.25) is 5.95 Å². The lowest BCUT2D eigenvalue weighted by atomic mass is 9.93. The molecule has 2 saturated heterocycles. The number of morpholine rings is 1. The van der Waals surface area contributed by atoms with E-state index >= 15 is 0 Å². The van der Waals surface area contributed by atoms with Crippen LogP contribution in [0.5, 0.6) is 5.75 Å². The highest BCUT2D eigenvalue weighted by Gasteiger charge is 2.41. The fourth-order valence-electron chi connectivity index (χ4n) is 5.44. The predicted molar refractivity (Wildman–Crippen MR) is 147 cm³/mol. The molecule has 3 fully saturated rings. The van der Waals surface area contributed by atoms with Crippen LogP contribution in [0.3, 0.4) is 0 Å². The molecule has 11 nitrogen and oxygen atoms in total. The van der Waals surface area contributed by atoms with E-state index in [2.05, 4.69) is 54.5 Å². The van der Waals surface area contributed by atoms with E-state index in [0.717, 1.165) is 80.0 Å². The second-order valence-corrected chi connectivity index (χ2v) is 10.5. The van der Waals surface area contributed by atoms with Crippen molar-refractivity contribution in [2.75, 3.05) is 50.2 Å². The monoisotopic (exact) mass is 535 g/mol. The number of fused-ring (bicyclic) bond motifs is 1. The van der Waals surface area contributed by atoms with E-state index < -0.39 is 0 Å². The maximum atomic E-state index is 6.55. The third-order valence-electron chi connectivity index (χ3n) is 7.56. The van der Waals surface area contributed by atoms with Crippen molar-refractivity contribution in [1.29, 1.82) is 0 Å². The molecule has 0 amide bonds. The van der Waals surface area contributed by atoms with E-state index in [-0.39, 0.29) is 24.5 Å². The molecular weight excluding hydrogens is 498 g/mol. The third kappa shape index (κ3) is 6.38. The molecule has 0 spiro atoms. The number of hydrogen-bond acceptors (Lipinski definition) is 11. The summed E-state index contributed by atoms with van der Waals surface area (Å²) >= 11 is 0. The second kappa shape index (κ2) is 12.0. The van der Waals surface area contributed by atoms with Gasteiger partial charge in [-0.15, -0.1) is 0 Å². The summed E-state index contributed by atoms with van der Waals surface area (Å²) in [6, 6.07) is 4.75. The largest absolute Gasteiger partial charge is 0.488 e. The molecular formula is C28H37N7O4. The van der Waals surface area contributed by atoms with Crippen molar-refractivity contribution >= 4 is 22.7 Å². The van der Waals surface area contributed by atoms with Crippen LogP contribution in [-0.4, -0.2) is 84.4 Å². The van der Waals surface area contributed by atoms with Gasteiger partial charge in [-0.3, -0.25) is 10.3 Å². The fraction of sp³-hybridized carbons (Fsp3) is 0.571. The van der Waals surface area contributed by atoms with Gasteiger partial charge in [-0.25, -0.2) is 15.0 Å². The summed E-state index contributed by atoms with van der Waals surface area (Å²) in [7, 11) is 1.70. The van der Waals surface area contributed by atoms with Gasteiger partial charge < -0.3 is 29.2 Å². The Hall–Kier alpha value is -3.12. The number of rotatable bonds is 10. The zero-order valence-electron chi connectivity index (χ0n) is 22.6. The quantitative estimate of drug-likeness (QED) is 0.373. The SMILES string of the molecule is COCC(C)NC1OC1c1cnc(N[C@H]2CC[C@@H](Oc3cc(N4CCOCC4)cc4nccnc34)CC2)nc1. The maximum Gasteiger partial charge on any atom is 0.222 e. The van der Waals surface area contributed by atoms with Crippen LogP contribution in [0.2, 0.25) is 0 Å². The molecule has 11 heteroatoms. The van der Waals surface area contributed by atoms with Gasteiger partial charge >= 0.3 is 0 Å². The molecule has 2 N–H and O–H groups in total. The van der Waals surface area contributed by atoms with E-state index in [9.17, 15) is 0 Å². The summed E-state index contributed by atoms with van der Waals surface area (Å²) in [5.41, 5.74) is 3.76. The van der Waals surface area contributed by atoms with Crippen LogP contribution in [0.25, 0.3) is 11.0 Å². The first-order chi connectivity index (χ1) is 19.2. The first-order valence-electron chi connectivity index (χ1n) is 13.9. The number of nitrogens with zero attached hydrogens (tertiary/aromatic N) is 5. The van der Waals surface area contributed by atoms with Gasteiger partial charge in [-0.05, 0) is 38.7 Å². The smallest absolute Gasteiger partial charge is 0.222 e. The van der Waals surface area contributed by atoms with Gasteiger partial charge in [0.05, 0.1) is 31.4 Å². The van der Waals surface area contributed by atoms with Crippen LogP contribution in [0.1, 0.15) is 44.3 Å². The van der Waals surface area contributed by atoms with E-state index in [1.807, 2.05) is 12.4 Å². The molecule has 4 heterocycles. The summed E-state index contributed by atoms with van der Waals surface area (Å²) < 4.78 is 23.0. The van der Waals surface area contributed by atoms with Crippen LogP contribution in [0.4, 0.5) is 11.6 Å². The van der Waals surface area contributed by atoms with Crippen LogP contribution < -0.4 is 20.3 Å². The Morgan fingerprint density at radius 3 is 2.56 bits per heavy atom. The molecule has 0 radical (unpaired) electrons. The highest BCUT2D eigenvalue weighted by molar-refractivity contribution is 5.85. The Balaban J connectivity index is 1.02. The third-order valence-corrected chi connectivity index (χ3v) is 7.56. The number of anilines is 2. The number of ether oxygens (including phenoxy) is 4. The molecule has 1 saturated carbocycles. The molecule has 3 aromatic rings. The van der Waals surface area contributed by atoms with Gasteiger partial charge in [0.25, 0.3) is 0 Å². The number of hydrogen-bond donors (Lipinski definition) is 2. The zero-order chi connectivity index (χ0) is 26.6. The molecule has 3 atom stereocenters. The molecule has 2 aromatic heterocycles. The Morgan fingerprint density at radius 1 is 1.03 bits per heavy atom. The number of methoxy groups -OCH3 is 1. The highest BCUT2D eigenvalue weighted by atomic mass is 16.6. The van der Waals surface area contributed by atoms with Crippen LogP contribution >= 0.6 is 0 Å². The summed E-state index contributed by atoms with van der Waals surface area (Å²) in [5.74, 6) is 1.46. The minimum atomic E-state index is -0.00879. The number of nitrogens with one attached hydrogen (secondary N) is 2. The molecule has 0 bridgehead atoms. The topological polar surface area (TPSA) is 119 Å². The highest BCUT2D eigenvalue weighted by Crippen LogP contribution is 2.37. The first-order valence-corrected chi connectivity index (χ1v) is 13.9. The Kier molecular flexibility index (Phi) is 8.00. The molecule has 2 aliphatic heterocycles. The van der Waals surface area contributed by atoms with E-state index in [0.29, 0.717) is 18.6 Å². The lowest BCUT2D eigenvalue weighted by molar-refractivity contribution is 0.122. The van der Waals surface area contributed by atoms with E-state index in [1.54, 1.807) is 19.5 Å². The van der Waals surface area contributed by atoms with Gasteiger partial charge in [0.1, 0.15) is 23.6 Å². The normalized spacial score (nSPS) is 25.8. The van der Waals surface area contributed by atoms with Gasteiger partial charge in [0, 0.05) is 74.4 Å². The van der Waals surface area contributed by atoms with E-state index in [1.165, 1.54) is 0 Å². The van der Waals surface area contributed by atoms with Crippen molar-refractivity contribution in [2.45, 2.75) is 63.1 Å². The van der Waals surface area contributed by atoms with Gasteiger partial charge in [0.15, 0.2) is 0 Å². The Morgan fingerprint density at radius 2 is 1.79 bits per heavy atom. The van der Waals surface area contributed by atoms with Crippen molar-refractivity contribution in [3.63, 3.8) is 0 Å². The average molecular weight is 536 g/mol. The summed E-state index contributed by atoms with van der Waals surface area (Å²) in [6.45, 7) is 5.92. The molecule has 6 rings (SSSR count). The molecule has 208 valence electrons. The van der Waals surface area contributed by atoms with Gasteiger partial charge in [-0.1, -0.05) is 0 Å². The van der Waals surface area contributed by atoms with Crippen molar-refractivity contribution in [3.8, 4) is 5.75 Å². The van der Waals surface area contributed by atoms with E-state index in [4.69, 9.17) is 18.9 Å². The van der Waals surface area contributed by atoms with Crippen molar-refractivity contribution < 1.29 is 18.9 Å². The lowest BCUT2D eigenvalue weighted by Crippen LogP contribution is -2.36. The number of aromatic nitrogens is 4.